The molecule has 0 fully saturated rings. The number of carbonyl (C=O) groups excluding carboxylic acids is 1. The number of pyridine rings is 1. The molecule has 98 valence electrons. The Bertz CT molecular complexity index is 567. The summed E-state index contributed by atoms with van der Waals surface area (Å²) in [6, 6.07) is 11.2. The van der Waals surface area contributed by atoms with E-state index in [1.54, 1.807) is 19.4 Å². The smallest absolute Gasteiger partial charge is 0.222 e. The van der Waals surface area contributed by atoms with Gasteiger partial charge in [0, 0.05) is 18.7 Å². The van der Waals surface area contributed by atoms with Crippen molar-refractivity contribution in [2.45, 2.75) is 6.92 Å². The maximum atomic E-state index is 10.9. The highest BCUT2D eigenvalue weighted by Crippen LogP contribution is 2.21. The van der Waals surface area contributed by atoms with Crippen molar-refractivity contribution in [3.8, 4) is 5.75 Å². The number of amides is 1. The largest absolute Gasteiger partial charge is 0.497 e. The van der Waals surface area contributed by atoms with Crippen LogP contribution in [-0.2, 0) is 4.79 Å². The summed E-state index contributed by atoms with van der Waals surface area (Å²) in [7, 11) is 1.63. The molecule has 0 radical (unpaired) electrons. The van der Waals surface area contributed by atoms with Crippen LogP contribution in [0.5, 0.6) is 5.75 Å². The normalized spacial score (nSPS) is 9.79. The van der Waals surface area contributed by atoms with E-state index in [1.165, 1.54) is 6.92 Å². The van der Waals surface area contributed by atoms with Crippen LogP contribution in [0.3, 0.4) is 0 Å². The number of methoxy groups -OCH3 is 1. The lowest BCUT2D eigenvalue weighted by molar-refractivity contribution is -0.114. The summed E-state index contributed by atoms with van der Waals surface area (Å²) in [5, 5.41) is 5.82. The first-order valence-electron chi connectivity index (χ1n) is 5.82. The van der Waals surface area contributed by atoms with Crippen LogP contribution in [-0.4, -0.2) is 18.0 Å². The van der Waals surface area contributed by atoms with Gasteiger partial charge in [0.2, 0.25) is 5.91 Å². The zero-order valence-corrected chi connectivity index (χ0v) is 10.8. The van der Waals surface area contributed by atoms with Gasteiger partial charge in [-0.2, -0.15) is 0 Å². The third kappa shape index (κ3) is 3.70. The third-order valence-corrected chi connectivity index (χ3v) is 2.43. The molecule has 0 atom stereocenters. The Morgan fingerprint density at radius 1 is 1.21 bits per heavy atom. The minimum atomic E-state index is -0.138. The van der Waals surface area contributed by atoms with E-state index in [1.807, 2.05) is 30.3 Å². The topological polar surface area (TPSA) is 63.2 Å². The first-order valence-corrected chi connectivity index (χ1v) is 5.82. The second-order valence-corrected chi connectivity index (χ2v) is 3.97. The summed E-state index contributed by atoms with van der Waals surface area (Å²) in [6.07, 6.45) is 1.66. The van der Waals surface area contributed by atoms with Crippen molar-refractivity contribution in [2.75, 3.05) is 17.7 Å². The van der Waals surface area contributed by atoms with E-state index in [0.29, 0.717) is 5.82 Å². The number of aromatic nitrogens is 1. The number of rotatable bonds is 4. The molecule has 0 aliphatic rings. The second-order valence-electron chi connectivity index (χ2n) is 3.97. The summed E-state index contributed by atoms with van der Waals surface area (Å²) < 4.78 is 5.15. The van der Waals surface area contributed by atoms with Gasteiger partial charge in [0.15, 0.2) is 0 Å². The first-order chi connectivity index (χ1) is 9.17. The summed E-state index contributed by atoms with van der Waals surface area (Å²) in [6.45, 7) is 1.45. The van der Waals surface area contributed by atoms with Gasteiger partial charge in [0.25, 0.3) is 0 Å². The van der Waals surface area contributed by atoms with Crippen molar-refractivity contribution in [1.29, 1.82) is 0 Å². The van der Waals surface area contributed by atoms with Crippen LogP contribution in [0.1, 0.15) is 6.92 Å². The number of ether oxygens (including phenoxy) is 1. The minimum absolute atomic E-state index is 0.138. The van der Waals surface area contributed by atoms with E-state index in [0.717, 1.165) is 17.1 Å². The van der Waals surface area contributed by atoms with E-state index in [-0.39, 0.29) is 5.91 Å². The Hall–Kier alpha value is -2.56. The molecular formula is C14H15N3O2. The molecule has 1 heterocycles. The molecule has 1 amide bonds. The lowest BCUT2D eigenvalue weighted by Crippen LogP contribution is -2.07. The highest BCUT2D eigenvalue weighted by atomic mass is 16.5. The van der Waals surface area contributed by atoms with E-state index < -0.39 is 0 Å². The molecular weight excluding hydrogens is 242 g/mol. The van der Waals surface area contributed by atoms with Crippen LogP contribution >= 0.6 is 0 Å². The Labute approximate surface area is 111 Å². The predicted molar refractivity (Wildman–Crippen MR) is 74.8 cm³/mol. The Morgan fingerprint density at radius 3 is 2.68 bits per heavy atom. The summed E-state index contributed by atoms with van der Waals surface area (Å²) in [4.78, 5) is 15.0. The number of hydrogen-bond acceptors (Lipinski definition) is 4. The van der Waals surface area contributed by atoms with Gasteiger partial charge in [-0.15, -0.1) is 0 Å². The van der Waals surface area contributed by atoms with Crippen LogP contribution in [0.25, 0.3) is 0 Å². The summed E-state index contributed by atoms with van der Waals surface area (Å²) >= 11 is 0. The molecule has 0 saturated heterocycles. The van der Waals surface area contributed by atoms with Crippen LogP contribution in [0.4, 0.5) is 17.2 Å². The molecule has 0 aliphatic carbocycles. The summed E-state index contributed by atoms with van der Waals surface area (Å²) in [5.41, 5.74) is 1.75. The fourth-order valence-electron chi connectivity index (χ4n) is 1.59. The number of carbonyl (C=O) groups is 1. The highest BCUT2D eigenvalue weighted by Gasteiger charge is 1.99. The Balaban J connectivity index is 2.08. The Morgan fingerprint density at radius 2 is 2.05 bits per heavy atom. The van der Waals surface area contributed by atoms with Crippen LogP contribution < -0.4 is 15.4 Å². The van der Waals surface area contributed by atoms with Crippen LogP contribution in [0, 0.1) is 0 Å². The lowest BCUT2D eigenvalue weighted by atomic mass is 10.3. The van der Waals surface area contributed by atoms with E-state index in [9.17, 15) is 4.79 Å². The quantitative estimate of drug-likeness (QED) is 0.884. The highest BCUT2D eigenvalue weighted by molar-refractivity contribution is 5.87. The molecule has 5 heteroatoms. The van der Waals surface area contributed by atoms with Gasteiger partial charge in [-0.05, 0) is 24.3 Å². The SMILES string of the molecule is COc1cccc(Nc2ccc(NC(C)=O)nc2)c1. The lowest BCUT2D eigenvalue weighted by Gasteiger charge is -2.08. The molecule has 2 N–H and O–H groups in total. The average molecular weight is 257 g/mol. The molecule has 2 aromatic rings. The average Bonchev–Trinajstić information content (AvgIpc) is 2.41. The molecule has 1 aromatic heterocycles. The monoisotopic (exact) mass is 257 g/mol. The van der Waals surface area contributed by atoms with Gasteiger partial charge in [-0.1, -0.05) is 6.07 Å². The van der Waals surface area contributed by atoms with Gasteiger partial charge < -0.3 is 15.4 Å². The van der Waals surface area contributed by atoms with Crippen molar-refractivity contribution in [3.63, 3.8) is 0 Å². The maximum Gasteiger partial charge on any atom is 0.222 e. The molecule has 2 rings (SSSR count). The molecule has 1 aromatic carbocycles. The van der Waals surface area contributed by atoms with Crippen molar-refractivity contribution >= 4 is 23.1 Å². The fourth-order valence-corrected chi connectivity index (χ4v) is 1.59. The molecule has 0 aliphatic heterocycles. The predicted octanol–water partition coefficient (Wildman–Crippen LogP) is 2.79. The van der Waals surface area contributed by atoms with Gasteiger partial charge in [0.05, 0.1) is 19.0 Å². The maximum absolute atomic E-state index is 10.9. The third-order valence-electron chi connectivity index (χ3n) is 2.43. The molecule has 0 spiro atoms. The zero-order valence-electron chi connectivity index (χ0n) is 10.8. The summed E-state index contributed by atoms with van der Waals surface area (Å²) in [5.74, 6) is 1.18. The minimum Gasteiger partial charge on any atom is -0.497 e. The zero-order chi connectivity index (χ0) is 13.7. The first kappa shape index (κ1) is 12.9. The van der Waals surface area contributed by atoms with Crippen LogP contribution in [0.2, 0.25) is 0 Å². The number of benzene rings is 1. The molecule has 0 saturated carbocycles. The van der Waals surface area contributed by atoms with Crippen LogP contribution in [0.15, 0.2) is 42.6 Å². The van der Waals surface area contributed by atoms with Gasteiger partial charge in [-0.25, -0.2) is 4.98 Å². The number of hydrogen-bond donors (Lipinski definition) is 2. The van der Waals surface area contributed by atoms with Gasteiger partial charge in [0.1, 0.15) is 11.6 Å². The standard InChI is InChI=1S/C14H15N3O2/c1-10(18)16-14-7-6-12(9-15-14)17-11-4-3-5-13(8-11)19-2/h3-9,17H,1-2H3,(H,15,16,18). The number of nitrogens with zero attached hydrogens (tertiary/aromatic N) is 1. The molecule has 0 bridgehead atoms. The van der Waals surface area contributed by atoms with Crippen molar-refractivity contribution < 1.29 is 9.53 Å². The van der Waals surface area contributed by atoms with Gasteiger partial charge in [-0.3, -0.25) is 4.79 Å². The van der Waals surface area contributed by atoms with E-state index in [2.05, 4.69) is 15.6 Å². The second kappa shape index (κ2) is 5.86. The molecule has 0 unspecified atom stereocenters. The Kier molecular flexibility index (Phi) is 3.97. The van der Waals surface area contributed by atoms with E-state index >= 15 is 0 Å². The molecule has 5 nitrogen and oxygen atoms in total. The van der Waals surface area contributed by atoms with Crippen molar-refractivity contribution in [3.05, 3.63) is 42.6 Å². The number of anilines is 3. The van der Waals surface area contributed by atoms with E-state index in [4.69, 9.17) is 4.74 Å². The van der Waals surface area contributed by atoms with Crippen molar-refractivity contribution in [2.24, 2.45) is 0 Å². The van der Waals surface area contributed by atoms with Crippen molar-refractivity contribution in [1.82, 2.24) is 4.98 Å². The molecule has 19 heavy (non-hydrogen) atoms. The van der Waals surface area contributed by atoms with Gasteiger partial charge >= 0.3 is 0 Å². The fraction of sp³-hybridized carbons (Fsp3) is 0.143. The number of nitrogens with one attached hydrogen (secondary N) is 2.